The van der Waals surface area contributed by atoms with Crippen LogP contribution in [0.1, 0.15) is 13.3 Å². The summed E-state index contributed by atoms with van der Waals surface area (Å²) in [5.41, 5.74) is 0. The van der Waals surface area contributed by atoms with Crippen LogP contribution in [-0.4, -0.2) is 44.4 Å². The monoisotopic (exact) mass is 209 g/mol. The van der Waals surface area contributed by atoms with E-state index in [0.29, 0.717) is 13.1 Å². The first-order chi connectivity index (χ1) is 7.16. The number of aliphatic hydroxyl groups is 1. The van der Waals surface area contributed by atoms with Gasteiger partial charge in [-0.25, -0.2) is 0 Å². The number of hydrogen-bond donors (Lipinski definition) is 1. The number of carbonyl (C=O) groups excluding carboxylic acids is 1. The van der Waals surface area contributed by atoms with E-state index in [4.69, 9.17) is 0 Å². The summed E-state index contributed by atoms with van der Waals surface area (Å²) in [5, 5.41) is 13.4. The van der Waals surface area contributed by atoms with Crippen molar-refractivity contribution >= 4 is 5.91 Å². The van der Waals surface area contributed by atoms with Crippen LogP contribution in [0, 0.1) is 0 Å². The summed E-state index contributed by atoms with van der Waals surface area (Å²) in [7, 11) is 0. The summed E-state index contributed by atoms with van der Waals surface area (Å²) in [6, 6.07) is 1.93. The van der Waals surface area contributed by atoms with E-state index >= 15 is 0 Å². The summed E-state index contributed by atoms with van der Waals surface area (Å²) in [6.07, 6.45) is 3.34. The Morgan fingerprint density at radius 3 is 3.07 bits per heavy atom. The van der Waals surface area contributed by atoms with Gasteiger partial charge in [0.25, 0.3) is 0 Å². The van der Waals surface area contributed by atoms with Crippen LogP contribution in [0.4, 0.5) is 0 Å². The Morgan fingerprint density at radius 2 is 2.53 bits per heavy atom. The van der Waals surface area contributed by atoms with Crippen molar-refractivity contribution in [3.05, 3.63) is 18.5 Å². The van der Waals surface area contributed by atoms with Gasteiger partial charge in [0.2, 0.25) is 5.91 Å². The molecule has 0 aromatic carbocycles. The van der Waals surface area contributed by atoms with Crippen LogP contribution >= 0.6 is 0 Å². The Kier molecular flexibility index (Phi) is 2.73. The Labute approximate surface area is 88.3 Å². The highest BCUT2D eigenvalue weighted by molar-refractivity contribution is 5.79. The number of amides is 1. The van der Waals surface area contributed by atoms with Crippen LogP contribution in [0.2, 0.25) is 0 Å². The standard InChI is InChI=1S/C10H15N3O2/c1-8(6-12-4-2-3-11-12)13-7-9(14)5-10(13)15/h2-4,8-9,14H,5-7H2,1H3. The molecule has 1 aliphatic rings. The van der Waals surface area contributed by atoms with Crippen LogP contribution in [0.3, 0.4) is 0 Å². The van der Waals surface area contributed by atoms with Gasteiger partial charge in [-0.3, -0.25) is 9.48 Å². The number of β-amino-alcohol motifs (C(OH)–C–C–N with tert-alkyl or cyclic N) is 1. The van der Waals surface area contributed by atoms with Gasteiger partial charge in [0.1, 0.15) is 0 Å². The van der Waals surface area contributed by atoms with Gasteiger partial charge in [-0.15, -0.1) is 0 Å². The lowest BCUT2D eigenvalue weighted by atomic mass is 10.3. The minimum atomic E-state index is -0.502. The molecule has 2 heterocycles. The fourth-order valence-electron chi connectivity index (χ4n) is 1.92. The molecule has 1 aliphatic heterocycles. The summed E-state index contributed by atoms with van der Waals surface area (Å²) >= 11 is 0. The maximum atomic E-state index is 11.5. The van der Waals surface area contributed by atoms with Crippen molar-refractivity contribution in [3.63, 3.8) is 0 Å². The zero-order valence-corrected chi connectivity index (χ0v) is 8.71. The lowest BCUT2D eigenvalue weighted by molar-refractivity contribution is -0.129. The molecule has 2 atom stereocenters. The molecule has 15 heavy (non-hydrogen) atoms. The average molecular weight is 209 g/mol. The van der Waals surface area contributed by atoms with E-state index in [1.165, 1.54) is 0 Å². The topological polar surface area (TPSA) is 58.4 Å². The van der Waals surface area contributed by atoms with Gasteiger partial charge in [-0.05, 0) is 13.0 Å². The van der Waals surface area contributed by atoms with E-state index in [9.17, 15) is 9.90 Å². The molecule has 1 aromatic heterocycles. The van der Waals surface area contributed by atoms with Crippen molar-refractivity contribution in [2.75, 3.05) is 6.54 Å². The third-order valence-electron chi connectivity index (χ3n) is 2.68. The third kappa shape index (κ3) is 2.18. The molecule has 82 valence electrons. The minimum absolute atomic E-state index is 0.0298. The lowest BCUT2D eigenvalue weighted by Crippen LogP contribution is -2.37. The highest BCUT2D eigenvalue weighted by Gasteiger charge is 2.31. The Hall–Kier alpha value is -1.36. The van der Waals surface area contributed by atoms with Crippen LogP contribution in [0.5, 0.6) is 0 Å². The van der Waals surface area contributed by atoms with E-state index < -0.39 is 6.10 Å². The zero-order chi connectivity index (χ0) is 10.8. The molecule has 2 unspecified atom stereocenters. The van der Waals surface area contributed by atoms with Gasteiger partial charge in [-0.1, -0.05) is 0 Å². The van der Waals surface area contributed by atoms with Crippen molar-refractivity contribution in [1.29, 1.82) is 0 Å². The highest BCUT2D eigenvalue weighted by Crippen LogP contribution is 2.15. The van der Waals surface area contributed by atoms with Crippen LogP contribution in [0.25, 0.3) is 0 Å². The number of carbonyl (C=O) groups is 1. The Bertz CT molecular complexity index is 336. The first-order valence-corrected chi connectivity index (χ1v) is 5.12. The van der Waals surface area contributed by atoms with Gasteiger partial charge in [0, 0.05) is 25.0 Å². The van der Waals surface area contributed by atoms with Crippen molar-refractivity contribution in [2.45, 2.75) is 32.0 Å². The van der Waals surface area contributed by atoms with Gasteiger partial charge in [-0.2, -0.15) is 5.10 Å². The molecule has 0 saturated carbocycles. The predicted octanol–water partition coefficient (Wildman–Crippen LogP) is -0.135. The van der Waals surface area contributed by atoms with Crippen LogP contribution in [0.15, 0.2) is 18.5 Å². The smallest absolute Gasteiger partial charge is 0.225 e. The highest BCUT2D eigenvalue weighted by atomic mass is 16.3. The SMILES string of the molecule is CC(Cn1cccn1)N1CC(O)CC1=O. The summed E-state index contributed by atoms with van der Waals surface area (Å²) in [6.45, 7) is 3.09. The van der Waals surface area contributed by atoms with Crippen LogP contribution < -0.4 is 0 Å². The van der Waals surface area contributed by atoms with Gasteiger partial charge < -0.3 is 10.0 Å². The molecule has 0 spiro atoms. The molecule has 2 rings (SSSR count). The first-order valence-electron chi connectivity index (χ1n) is 5.12. The lowest BCUT2D eigenvalue weighted by Gasteiger charge is -2.24. The molecule has 5 heteroatoms. The molecular weight excluding hydrogens is 194 g/mol. The van der Waals surface area contributed by atoms with Crippen molar-refractivity contribution in [2.24, 2.45) is 0 Å². The van der Waals surface area contributed by atoms with E-state index in [1.807, 2.05) is 19.2 Å². The van der Waals surface area contributed by atoms with E-state index in [2.05, 4.69) is 5.10 Å². The molecule has 1 saturated heterocycles. The normalized spacial score (nSPS) is 23.5. The molecule has 1 aromatic rings. The van der Waals surface area contributed by atoms with Gasteiger partial charge >= 0.3 is 0 Å². The zero-order valence-electron chi connectivity index (χ0n) is 8.71. The number of rotatable bonds is 3. The molecule has 0 radical (unpaired) electrons. The second-order valence-electron chi connectivity index (χ2n) is 3.98. The average Bonchev–Trinajstić information content (AvgIpc) is 2.75. The van der Waals surface area contributed by atoms with Crippen molar-refractivity contribution in [3.8, 4) is 0 Å². The molecule has 5 nitrogen and oxygen atoms in total. The summed E-state index contributed by atoms with van der Waals surface area (Å²) in [5.74, 6) is 0.0298. The number of likely N-dealkylation sites (tertiary alicyclic amines) is 1. The minimum Gasteiger partial charge on any atom is -0.391 e. The van der Waals surface area contributed by atoms with Crippen molar-refractivity contribution in [1.82, 2.24) is 14.7 Å². The van der Waals surface area contributed by atoms with E-state index in [1.54, 1.807) is 15.8 Å². The Morgan fingerprint density at radius 1 is 1.73 bits per heavy atom. The molecule has 1 amide bonds. The summed E-state index contributed by atoms with van der Waals surface area (Å²) < 4.78 is 1.79. The molecule has 0 aliphatic carbocycles. The maximum absolute atomic E-state index is 11.5. The molecule has 1 fully saturated rings. The summed E-state index contributed by atoms with van der Waals surface area (Å²) in [4.78, 5) is 13.2. The number of nitrogens with zero attached hydrogens (tertiary/aromatic N) is 3. The van der Waals surface area contributed by atoms with Gasteiger partial charge in [0.05, 0.1) is 19.1 Å². The Balaban J connectivity index is 1.96. The van der Waals surface area contributed by atoms with E-state index in [0.717, 1.165) is 0 Å². The number of aliphatic hydroxyl groups excluding tert-OH is 1. The fourth-order valence-corrected chi connectivity index (χ4v) is 1.92. The second-order valence-corrected chi connectivity index (χ2v) is 3.98. The van der Waals surface area contributed by atoms with E-state index in [-0.39, 0.29) is 18.4 Å². The molecule has 1 N–H and O–H groups in total. The predicted molar refractivity (Wildman–Crippen MR) is 54.0 cm³/mol. The second kappa shape index (κ2) is 4.02. The molecular formula is C10H15N3O2. The van der Waals surface area contributed by atoms with Crippen LogP contribution in [-0.2, 0) is 11.3 Å². The molecule has 0 bridgehead atoms. The first kappa shape index (κ1) is 10.2. The largest absolute Gasteiger partial charge is 0.391 e. The quantitative estimate of drug-likeness (QED) is 0.754. The fraction of sp³-hybridized carbons (Fsp3) is 0.600. The third-order valence-corrected chi connectivity index (χ3v) is 2.68. The van der Waals surface area contributed by atoms with Gasteiger partial charge in [0.15, 0.2) is 0 Å². The maximum Gasteiger partial charge on any atom is 0.225 e. The number of hydrogen-bond acceptors (Lipinski definition) is 3. The number of aromatic nitrogens is 2. The van der Waals surface area contributed by atoms with Crippen molar-refractivity contribution < 1.29 is 9.90 Å².